The fraction of sp³-hybridized carbons (Fsp3) is 0.480. The van der Waals surface area contributed by atoms with E-state index in [0.717, 1.165) is 44.9 Å². The number of piperazine rings is 1. The van der Waals surface area contributed by atoms with Crippen molar-refractivity contribution in [1.29, 1.82) is 0 Å². The Balaban J connectivity index is 1.25. The molecular formula is C25H32N4O3. The van der Waals surface area contributed by atoms with E-state index in [2.05, 4.69) is 38.0 Å². The van der Waals surface area contributed by atoms with Crippen molar-refractivity contribution in [2.24, 2.45) is 0 Å². The quantitative estimate of drug-likeness (QED) is 0.580. The number of aromatic nitrogens is 2. The van der Waals surface area contributed by atoms with Crippen LogP contribution in [-0.2, 0) is 13.1 Å². The Labute approximate surface area is 189 Å². The van der Waals surface area contributed by atoms with E-state index in [4.69, 9.17) is 14.2 Å². The Morgan fingerprint density at radius 3 is 2.19 bits per heavy atom. The molecule has 0 atom stereocenters. The van der Waals surface area contributed by atoms with Crippen LogP contribution in [0.4, 0.5) is 0 Å². The third-order valence-corrected chi connectivity index (χ3v) is 6.67. The highest BCUT2D eigenvalue weighted by Crippen LogP contribution is 2.43. The van der Waals surface area contributed by atoms with Crippen LogP contribution in [-0.4, -0.2) is 67.3 Å². The molecule has 1 aliphatic carbocycles. The SMILES string of the molecule is COc1cc(CN2CCN(Cc3c(C4CC4)[nH]c4ncccc34)CC2)cc(OC)c1OC. The highest BCUT2D eigenvalue weighted by atomic mass is 16.5. The molecule has 1 N–H and O–H groups in total. The Morgan fingerprint density at radius 2 is 1.59 bits per heavy atom. The number of fused-ring (bicyclic) bond motifs is 1. The maximum Gasteiger partial charge on any atom is 0.203 e. The number of benzene rings is 1. The molecule has 0 bridgehead atoms. The lowest BCUT2D eigenvalue weighted by Crippen LogP contribution is -2.45. The topological polar surface area (TPSA) is 62.9 Å². The zero-order valence-corrected chi connectivity index (χ0v) is 19.2. The van der Waals surface area contributed by atoms with Crippen LogP contribution < -0.4 is 14.2 Å². The number of hydrogen-bond donors (Lipinski definition) is 1. The summed E-state index contributed by atoms with van der Waals surface area (Å²) in [6.45, 7) is 6.05. The molecule has 32 heavy (non-hydrogen) atoms. The summed E-state index contributed by atoms with van der Waals surface area (Å²) in [5, 5.41) is 1.29. The largest absolute Gasteiger partial charge is 0.493 e. The Hall–Kier alpha value is -2.77. The molecule has 2 aliphatic rings. The van der Waals surface area contributed by atoms with Crippen LogP contribution in [0.2, 0.25) is 0 Å². The number of methoxy groups -OCH3 is 3. The zero-order chi connectivity index (χ0) is 22.1. The normalized spacial score (nSPS) is 17.6. The first-order valence-corrected chi connectivity index (χ1v) is 11.4. The molecule has 0 amide bonds. The van der Waals surface area contributed by atoms with Gasteiger partial charge in [-0.25, -0.2) is 4.98 Å². The van der Waals surface area contributed by atoms with Crippen molar-refractivity contribution in [3.05, 3.63) is 47.3 Å². The molecule has 3 aromatic rings. The van der Waals surface area contributed by atoms with E-state index in [-0.39, 0.29) is 0 Å². The fourth-order valence-electron chi connectivity index (χ4n) is 4.80. The number of pyridine rings is 1. The third-order valence-electron chi connectivity index (χ3n) is 6.67. The number of aromatic amines is 1. The molecule has 7 nitrogen and oxygen atoms in total. The van der Waals surface area contributed by atoms with Crippen molar-refractivity contribution >= 4 is 11.0 Å². The first kappa shape index (κ1) is 21.1. The zero-order valence-electron chi connectivity index (χ0n) is 19.2. The van der Waals surface area contributed by atoms with Gasteiger partial charge in [0.25, 0.3) is 0 Å². The van der Waals surface area contributed by atoms with Gasteiger partial charge in [-0.2, -0.15) is 0 Å². The molecule has 0 spiro atoms. The lowest BCUT2D eigenvalue weighted by atomic mass is 10.1. The number of ether oxygens (including phenoxy) is 3. The molecule has 1 saturated carbocycles. The maximum absolute atomic E-state index is 5.52. The summed E-state index contributed by atoms with van der Waals surface area (Å²) < 4.78 is 16.5. The Kier molecular flexibility index (Phi) is 5.93. The van der Waals surface area contributed by atoms with Gasteiger partial charge in [0.05, 0.1) is 21.3 Å². The Morgan fingerprint density at radius 1 is 0.938 bits per heavy atom. The van der Waals surface area contributed by atoms with Crippen LogP contribution in [0.5, 0.6) is 17.2 Å². The number of hydrogen-bond acceptors (Lipinski definition) is 6. The van der Waals surface area contributed by atoms with E-state index in [9.17, 15) is 0 Å². The van der Waals surface area contributed by atoms with Gasteiger partial charge in [0, 0.05) is 56.5 Å². The van der Waals surface area contributed by atoms with Crippen molar-refractivity contribution in [3.8, 4) is 17.2 Å². The van der Waals surface area contributed by atoms with E-state index >= 15 is 0 Å². The molecule has 2 fully saturated rings. The second-order valence-corrected chi connectivity index (χ2v) is 8.78. The number of H-pyrrole nitrogens is 1. The molecule has 5 rings (SSSR count). The van der Waals surface area contributed by atoms with Crippen LogP contribution in [0.1, 0.15) is 35.6 Å². The predicted octanol–water partition coefficient (Wildman–Crippen LogP) is 3.78. The van der Waals surface area contributed by atoms with Gasteiger partial charge in [0.1, 0.15) is 5.65 Å². The Bertz CT molecular complexity index is 1060. The van der Waals surface area contributed by atoms with Crippen LogP contribution in [0, 0.1) is 0 Å². The average molecular weight is 437 g/mol. The molecule has 1 aliphatic heterocycles. The molecular weight excluding hydrogens is 404 g/mol. The van der Waals surface area contributed by atoms with E-state index in [1.54, 1.807) is 21.3 Å². The molecule has 3 heterocycles. The van der Waals surface area contributed by atoms with Gasteiger partial charge in [-0.3, -0.25) is 9.80 Å². The molecule has 170 valence electrons. The van der Waals surface area contributed by atoms with E-state index in [0.29, 0.717) is 23.2 Å². The average Bonchev–Trinajstić information content (AvgIpc) is 3.61. The molecule has 7 heteroatoms. The maximum atomic E-state index is 5.52. The predicted molar refractivity (Wildman–Crippen MR) is 125 cm³/mol. The lowest BCUT2D eigenvalue weighted by molar-refractivity contribution is 0.122. The number of nitrogens with one attached hydrogen (secondary N) is 1. The second kappa shape index (κ2) is 9.00. The summed E-state index contributed by atoms with van der Waals surface area (Å²) in [7, 11) is 4.96. The van der Waals surface area contributed by atoms with Crippen molar-refractivity contribution in [3.63, 3.8) is 0 Å². The molecule has 0 unspecified atom stereocenters. The standard InChI is InChI=1S/C25H32N4O3/c1-30-21-13-17(14-22(31-2)24(21)32-3)15-28-9-11-29(12-10-28)16-20-19-5-4-8-26-25(19)27-23(20)18-6-7-18/h4-5,8,13-14,18H,6-7,9-12,15-16H2,1-3H3,(H,26,27). The minimum atomic E-state index is 0.642. The molecule has 0 radical (unpaired) electrons. The summed E-state index contributed by atoms with van der Waals surface area (Å²) in [5.41, 5.74) is 5.07. The van der Waals surface area contributed by atoms with Crippen LogP contribution in [0.3, 0.4) is 0 Å². The first-order chi connectivity index (χ1) is 15.7. The first-order valence-electron chi connectivity index (χ1n) is 11.4. The smallest absolute Gasteiger partial charge is 0.203 e. The summed E-state index contributed by atoms with van der Waals surface area (Å²) >= 11 is 0. The van der Waals surface area contributed by atoms with Crippen molar-refractivity contribution in [2.75, 3.05) is 47.5 Å². The summed E-state index contributed by atoms with van der Waals surface area (Å²) in [6, 6.07) is 8.36. The van der Waals surface area contributed by atoms with Gasteiger partial charge in [-0.1, -0.05) is 0 Å². The molecule has 1 aromatic carbocycles. The second-order valence-electron chi connectivity index (χ2n) is 8.78. The summed E-state index contributed by atoms with van der Waals surface area (Å²) in [6.07, 6.45) is 4.46. The van der Waals surface area contributed by atoms with Crippen molar-refractivity contribution in [1.82, 2.24) is 19.8 Å². The highest BCUT2D eigenvalue weighted by molar-refractivity contribution is 5.81. The van der Waals surface area contributed by atoms with E-state index < -0.39 is 0 Å². The van der Waals surface area contributed by atoms with Crippen molar-refractivity contribution in [2.45, 2.75) is 31.8 Å². The highest BCUT2D eigenvalue weighted by Gasteiger charge is 2.30. The number of nitrogens with zero attached hydrogens (tertiary/aromatic N) is 3. The van der Waals surface area contributed by atoms with E-state index in [1.807, 2.05) is 12.3 Å². The van der Waals surface area contributed by atoms with Crippen molar-refractivity contribution < 1.29 is 14.2 Å². The minimum absolute atomic E-state index is 0.642. The van der Waals surface area contributed by atoms with Gasteiger partial charge >= 0.3 is 0 Å². The number of rotatable bonds is 8. The summed E-state index contributed by atoms with van der Waals surface area (Å²) in [5.74, 6) is 2.76. The van der Waals surface area contributed by atoms with Crippen LogP contribution in [0.15, 0.2) is 30.5 Å². The van der Waals surface area contributed by atoms with Gasteiger partial charge in [-0.15, -0.1) is 0 Å². The third kappa shape index (κ3) is 4.14. The van der Waals surface area contributed by atoms with Gasteiger partial charge in [0.15, 0.2) is 11.5 Å². The summed E-state index contributed by atoms with van der Waals surface area (Å²) in [4.78, 5) is 13.2. The molecule has 2 aromatic heterocycles. The van der Waals surface area contributed by atoms with E-state index in [1.165, 1.54) is 35.0 Å². The molecule has 1 saturated heterocycles. The lowest BCUT2D eigenvalue weighted by Gasteiger charge is -2.35. The van der Waals surface area contributed by atoms with Gasteiger partial charge < -0.3 is 19.2 Å². The van der Waals surface area contributed by atoms with Gasteiger partial charge in [-0.05, 0) is 54.2 Å². The van der Waals surface area contributed by atoms with Gasteiger partial charge in [0.2, 0.25) is 5.75 Å². The minimum Gasteiger partial charge on any atom is -0.493 e. The monoisotopic (exact) mass is 436 g/mol. The van der Waals surface area contributed by atoms with Crippen LogP contribution in [0.25, 0.3) is 11.0 Å². The fourth-order valence-corrected chi connectivity index (χ4v) is 4.80. The van der Waals surface area contributed by atoms with Crippen LogP contribution >= 0.6 is 0 Å².